The van der Waals surface area contributed by atoms with Crippen molar-refractivity contribution in [3.63, 3.8) is 0 Å². The first-order valence-electron chi connectivity index (χ1n) is 23.5. The predicted octanol–water partition coefficient (Wildman–Crippen LogP) is 13.0. The SMILES string of the molecule is CC/C=C\C/C=C\C/C=C\C/C=C\CCCCCCC(=O)OC(COC(=O)CCCCCCCCC/C=C\CCCCCCCCC)COP(=O)([O-])OCC[N+](C)(C)C. The Kier molecular flexibility index (Phi) is 39.5. The van der Waals surface area contributed by atoms with E-state index in [1.54, 1.807) is 0 Å². The van der Waals surface area contributed by atoms with Gasteiger partial charge in [0, 0.05) is 12.8 Å². The van der Waals surface area contributed by atoms with Gasteiger partial charge >= 0.3 is 11.9 Å². The second-order valence-electron chi connectivity index (χ2n) is 16.7. The Balaban J connectivity index is 4.37. The number of likely N-dealkylation sites (N-methyl/N-ethyl adjacent to an activating group) is 1. The minimum absolute atomic E-state index is 0.0389. The van der Waals surface area contributed by atoms with Crippen LogP contribution in [0.25, 0.3) is 0 Å². The van der Waals surface area contributed by atoms with Crippen LogP contribution in [0.5, 0.6) is 0 Å². The summed E-state index contributed by atoms with van der Waals surface area (Å²) in [5, 5.41) is 0. The molecule has 9 nitrogen and oxygen atoms in total. The van der Waals surface area contributed by atoms with Gasteiger partial charge in [0.1, 0.15) is 19.8 Å². The van der Waals surface area contributed by atoms with Gasteiger partial charge in [-0.05, 0) is 77.0 Å². The van der Waals surface area contributed by atoms with Crippen molar-refractivity contribution in [2.75, 3.05) is 47.5 Å². The zero-order valence-electron chi connectivity index (χ0n) is 38.4. The summed E-state index contributed by atoms with van der Waals surface area (Å²) in [4.78, 5) is 37.6. The van der Waals surface area contributed by atoms with Crippen molar-refractivity contribution >= 4 is 19.8 Å². The van der Waals surface area contributed by atoms with Crippen molar-refractivity contribution in [1.82, 2.24) is 0 Å². The number of unbranched alkanes of at least 4 members (excludes halogenated alkanes) is 18. The Morgan fingerprint density at radius 1 is 0.542 bits per heavy atom. The van der Waals surface area contributed by atoms with Crippen molar-refractivity contribution in [3.8, 4) is 0 Å². The summed E-state index contributed by atoms with van der Waals surface area (Å²) in [6, 6.07) is 0. The zero-order valence-corrected chi connectivity index (χ0v) is 39.3. The van der Waals surface area contributed by atoms with Crippen molar-refractivity contribution < 1.29 is 42.1 Å². The first-order valence-corrected chi connectivity index (χ1v) is 25.0. The summed E-state index contributed by atoms with van der Waals surface area (Å²) < 4.78 is 33.9. The lowest BCUT2D eigenvalue weighted by Crippen LogP contribution is -2.37. The first kappa shape index (κ1) is 56.7. The molecule has 59 heavy (non-hydrogen) atoms. The molecule has 0 fully saturated rings. The summed E-state index contributed by atoms with van der Waals surface area (Å²) in [6.45, 7) is 4.08. The quantitative estimate of drug-likeness (QED) is 0.0196. The number of allylic oxidation sites excluding steroid dienone is 10. The van der Waals surface area contributed by atoms with Gasteiger partial charge in [-0.3, -0.25) is 14.2 Å². The molecule has 0 aromatic carbocycles. The number of nitrogens with zero attached hydrogens (tertiary/aromatic N) is 1. The van der Waals surface area contributed by atoms with E-state index < -0.39 is 32.5 Å². The van der Waals surface area contributed by atoms with E-state index in [1.165, 1.54) is 70.6 Å². The van der Waals surface area contributed by atoms with E-state index in [2.05, 4.69) is 74.6 Å². The monoisotopic (exact) mass is 850 g/mol. The summed E-state index contributed by atoms with van der Waals surface area (Å²) >= 11 is 0. The van der Waals surface area contributed by atoms with Crippen LogP contribution in [-0.4, -0.2) is 70.0 Å². The number of carbonyl (C=O) groups is 2. The molecule has 2 atom stereocenters. The molecular weight excluding hydrogens is 762 g/mol. The van der Waals surface area contributed by atoms with E-state index in [-0.39, 0.29) is 26.1 Å². The molecule has 10 heteroatoms. The molecular formula is C49H88NO8P. The average Bonchev–Trinajstić information content (AvgIpc) is 3.19. The van der Waals surface area contributed by atoms with Gasteiger partial charge in [-0.2, -0.15) is 0 Å². The molecule has 0 saturated heterocycles. The van der Waals surface area contributed by atoms with Gasteiger partial charge in [-0.1, -0.05) is 158 Å². The van der Waals surface area contributed by atoms with Gasteiger partial charge in [0.05, 0.1) is 27.7 Å². The van der Waals surface area contributed by atoms with E-state index in [9.17, 15) is 19.0 Å². The lowest BCUT2D eigenvalue weighted by atomic mass is 10.1. The fourth-order valence-electron chi connectivity index (χ4n) is 6.11. The number of phosphoric acid groups is 1. The highest BCUT2D eigenvalue weighted by Gasteiger charge is 2.21. The summed E-state index contributed by atoms with van der Waals surface area (Å²) in [5.74, 6) is -0.869. The van der Waals surface area contributed by atoms with Crippen LogP contribution < -0.4 is 4.89 Å². The number of ether oxygens (including phenoxy) is 2. The molecule has 0 saturated carbocycles. The fourth-order valence-corrected chi connectivity index (χ4v) is 6.84. The molecule has 0 N–H and O–H groups in total. The van der Waals surface area contributed by atoms with Gasteiger partial charge in [0.2, 0.25) is 0 Å². The second-order valence-corrected chi connectivity index (χ2v) is 18.1. The van der Waals surface area contributed by atoms with Crippen molar-refractivity contribution in [3.05, 3.63) is 60.8 Å². The zero-order chi connectivity index (χ0) is 43.6. The van der Waals surface area contributed by atoms with Gasteiger partial charge < -0.3 is 27.9 Å². The molecule has 0 heterocycles. The van der Waals surface area contributed by atoms with Crippen molar-refractivity contribution in [2.24, 2.45) is 0 Å². The highest BCUT2D eigenvalue weighted by atomic mass is 31.2. The van der Waals surface area contributed by atoms with Crippen molar-refractivity contribution in [1.29, 1.82) is 0 Å². The van der Waals surface area contributed by atoms with E-state index in [0.717, 1.165) is 83.5 Å². The number of phosphoric ester groups is 1. The van der Waals surface area contributed by atoms with Crippen LogP contribution in [0.4, 0.5) is 0 Å². The van der Waals surface area contributed by atoms with Crippen LogP contribution in [0, 0.1) is 0 Å². The van der Waals surface area contributed by atoms with Gasteiger partial charge in [0.25, 0.3) is 7.82 Å². The molecule has 0 radical (unpaired) electrons. The highest BCUT2D eigenvalue weighted by Crippen LogP contribution is 2.38. The smallest absolute Gasteiger partial charge is 0.306 e. The summed E-state index contributed by atoms with van der Waals surface area (Å²) in [7, 11) is 1.14. The third-order valence-electron chi connectivity index (χ3n) is 9.77. The summed E-state index contributed by atoms with van der Waals surface area (Å²) in [6.07, 6.45) is 49.6. The van der Waals surface area contributed by atoms with Crippen LogP contribution in [0.15, 0.2) is 60.8 Å². The maximum atomic E-state index is 12.7. The number of esters is 2. The molecule has 0 spiro atoms. The van der Waals surface area contributed by atoms with E-state index in [1.807, 2.05) is 21.1 Å². The van der Waals surface area contributed by atoms with E-state index in [4.69, 9.17) is 18.5 Å². The minimum Gasteiger partial charge on any atom is -0.756 e. The topological polar surface area (TPSA) is 111 Å². The first-order chi connectivity index (χ1) is 28.5. The van der Waals surface area contributed by atoms with Crippen molar-refractivity contribution in [2.45, 2.75) is 193 Å². The number of quaternary nitrogens is 1. The Labute approximate surface area is 362 Å². The molecule has 0 aliphatic carbocycles. The van der Waals surface area contributed by atoms with Crippen LogP contribution in [-0.2, 0) is 32.7 Å². The number of carbonyl (C=O) groups excluding carboxylic acids is 2. The normalized spacial score (nSPS) is 14.1. The van der Waals surface area contributed by atoms with Gasteiger partial charge in [-0.25, -0.2) is 0 Å². The summed E-state index contributed by atoms with van der Waals surface area (Å²) in [5.41, 5.74) is 0. The Hall–Kier alpha value is -2.29. The standard InChI is InChI=1S/C49H88NO8P/c1-6-8-10-12-14-16-18-20-22-24-26-27-29-31-33-35-37-39-41-48(51)55-45-47(46-57-59(53,54)56-44-43-50(3,4)5)58-49(52)42-40-38-36-34-32-30-28-25-23-21-19-17-15-13-11-9-7-2/h9,11,15,17,21-24,28,30,47H,6-8,10,12-14,16,18-20,25-27,29,31-46H2,1-5H3/b11-9-,17-15-,23-21-,24-22-,30-28-. The van der Waals surface area contributed by atoms with Crippen LogP contribution in [0.2, 0.25) is 0 Å². The Morgan fingerprint density at radius 2 is 0.966 bits per heavy atom. The van der Waals surface area contributed by atoms with Gasteiger partial charge in [-0.15, -0.1) is 0 Å². The van der Waals surface area contributed by atoms with Gasteiger partial charge in [0.15, 0.2) is 6.10 Å². The number of rotatable bonds is 42. The molecule has 2 unspecified atom stereocenters. The maximum absolute atomic E-state index is 12.7. The lowest BCUT2D eigenvalue weighted by molar-refractivity contribution is -0.870. The van der Waals surface area contributed by atoms with E-state index in [0.29, 0.717) is 17.4 Å². The largest absolute Gasteiger partial charge is 0.756 e. The minimum atomic E-state index is -4.64. The molecule has 342 valence electrons. The molecule has 0 aromatic heterocycles. The molecule has 0 aromatic rings. The lowest BCUT2D eigenvalue weighted by Gasteiger charge is -2.28. The predicted molar refractivity (Wildman–Crippen MR) is 245 cm³/mol. The van der Waals surface area contributed by atoms with Crippen LogP contribution in [0.1, 0.15) is 187 Å². The third-order valence-corrected chi connectivity index (χ3v) is 10.7. The molecule has 0 bridgehead atoms. The highest BCUT2D eigenvalue weighted by molar-refractivity contribution is 7.45. The Bertz CT molecular complexity index is 1190. The molecule has 0 aliphatic rings. The molecule has 0 amide bonds. The van der Waals surface area contributed by atoms with E-state index >= 15 is 0 Å². The molecule has 0 aliphatic heterocycles. The fraction of sp³-hybridized carbons (Fsp3) is 0.755. The number of hydrogen-bond acceptors (Lipinski definition) is 8. The second kappa shape index (κ2) is 41.1. The van der Waals surface area contributed by atoms with Crippen LogP contribution >= 0.6 is 7.82 Å². The third kappa shape index (κ3) is 45.1. The molecule has 0 rings (SSSR count). The van der Waals surface area contributed by atoms with Crippen LogP contribution in [0.3, 0.4) is 0 Å². The average molecular weight is 850 g/mol. The number of hydrogen-bond donors (Lipinski definition) is 0. The maximum Gasteiger partial charge on any atom is 0.306 e. The Morgan fingerprint density at radius 3 is 1.46 bits per heavy atom.